The van der Waals surface area contributed by atoms with E-state index in [9.17, 15) is 18.7 Å². The van der Waals surface area contributed by atoms with Crippen LogP contribution in [0.3, 0.4) is 0 Å². The summed E-state index contributed by atoms with van der Waals surface area (Å²) in [5, 5.41) is 12.9. The van der Waals surface area contributed by atoms with E-state index in [-0.39, 0.29) is 23.2 Å². The van der Waals surface area contributed by atoms with Gasteiger partial charge in [-0.15, -0.1) is 0 Å². The maximum Gasteiger partial charge on any atom is 0.276 e. The molecule has 196 valence electrons. The van der Waals surface area contributed by atoms with Crippen molar-refractivity contribution in [2.75, 3.05) is 5.32 Å². The predicted octanol–water partition coefficient (Wildman–Crippen LogP) is 4.87. The second kappa shape index (κ2) is 9.85. The minimum Gasteiger partial charge on any atom is -0.390 e. The molecule has 0 bridgehead atoms. The van der Waals surface area contributed by atoms with E-state index in [1.54, 1.807) is 44.4 Å². The molecule has 4 aromatic heterocycles. The summed E-state index contributed by atoms with van der Waals surface area (Å²) in [7, 11) is 0. The first-order valence-corrected chi connectivity index (χ1v) is 12.4. The molecule has 1 aliphatic carbocycles. The van der Waals surface area contributed by atoms with Gasteiger partial charge in [-0.05, 0) is 57.4 Å². The van der Waals surface area contributed by atoms with E-state index in [0.717, 1.165) is 17.8 Å². The SMILES string of the molecule is Cc1cnc(-c2ccnc(C3CC(C)(O)C3)n2)cc1-n1c(C)cc(NCc2ncc(F)cc2F)c(Cl)c1=O. The lowest BCUT2D eigenvalue weighted by Gasteiger charge is -2.39. The Morgan fingerprint density at radius 1 is 1.13 bits per heavy atom. The summed E-state index contributed by atoms with van der Waals surface area (Å²) in [5.41, 5.74) is 2.21. The van der Waals surface area contributed by atoms with Crippen LogP contribution in [0.25, 0.3) is 17.1 Å². The van der Waals surface area contributed by atoms with Crippen molar-refractivity contribution in [3.05, 3.63) is 92.6 Å². The monoisotopic (exact) mass is 538 g/mol. The van der Waals surface area contributed by atoms with Crippen LogP contribution in [0.4, 0.5) is 14.5 Å². The maximum absolute atomic E-state index is 14.0. The molecule has 2 N–H and O–H groups in total. The van der Waals surface area contributed by atoms with Crippen molar-refractivity contribution in [2.24, 2.45) is 0 Å². The van der Waals surface area contributed by atoms with Gasteiger partial charge in [-0.3, -0.25) is 19.3 Å². The summed E-state index contributed by atoms with van der Waals surface area (Å²) >= 11 is 6.44. The predicted molar refractivity (Wildman–Crippen MR) is 139 cm³/mol. The van der Waals surface area contributed by atoms with Crippen molar-refractivity contribution in [3.8, 4) is 17.1 Å². The minimum atomic E-state index is -0.797. The van der Waals surface area contributed by atoms with Gasteiger partial charge in [-0.1, -0.05) is 11.6 Å². The third-order valence-electron chi connectivity index (χ3n) is 6.65. The number of aryl methyl sites for hydroxylation is 2. The lowest BCUT2D eigenvalue weighted by Crippen LogP contribution is -2.39. The highest BCUT2D eigenvalue weighted by Gasteiger charge is 2.40. The fourth-order valence-electron chi connectivity index (χ4n) is 4.68. The van der Waals surface area contributed by atoms with E-state index >= 15 is 0 Å². The molecule has 5 rings (SSSR count). The molecule has 38 heavy (non-hydrogen) atoms. The van der Waals surface area contributed by atoms with Gasteiger partial charge in [0.25, 0.3) is 5.56 Å². The average Bonchev–Trinajstić information content (AvgIpc) is 2.86. The van der Waals surface area contributed by atoms with Gasteiger partial charge in [0.15, 0.2) is 0 Å². The van der Waals surface area contributed by atoms with Crippen LogP contribution in [0.15, 0.2) is 47.7 Å². The summed E-state index contributed by atoms with van der Waals surface area (Å²) < 4.78 is 28.6. The van der Waals surface area contributed by atoms with Gasteiger partial charge in [0.05, 0.1) is 46.8 Å². The molecule has 0 spiro atoms. The molecular formula is C27H25ClF2N6O2. The number of hydrogen-bond acceptors (Lipinski definition) is 7. The first-order chi connectivity index (χ1) is 18.0. The van der Waals surface area contributed by atoms with Crippen molar-refractivity contribution in [2.45, 2.75) is 51.7 Å². The van der Waals surface area contributed by atoms with Gasteiger partial charge >= 0.3 is 0 Å². The number of aromatic nitrogens is 5. The molecule has 4 heterocycles. The zero-order chi connectivity index (χ0) is 27.2. The summed E-state index contributed by atoms with van der Waals surface area (Å²) in [6.45, 7) is 5.30. The molecule has 0 radical (unpaired) electrons. The van der Waals surface area contributed by atoms with E-state index in [1.165, 1.54) is 4.57 Å². The molecular weight excluding hydrogens is 514 g/mol. The number of nitrogens with one attached hydrogen (secondary N) is 1. The molecule has 0 aromatic carbocycles. The van der Waals surface area contributed by atoms with Gasteiger partial charge in [-0.25, -0.2) is 18.7 Å². The van der Waals surface area contributed by atoms with Gasteiger partial charge in [0.2, 0.25) is 0 Å². The van der Waals surface area contributed by atoms with Crippen molar-refractivity contribution < 1.29 is 13.9 Å². The molecule has 0 unspecified atom stereocenters. The first-order valence-electron chi connectivity index (χ1n) is 12.0. The number of rotatable bonds is 6. The van der Waals surface area contributed by atoms with Crippen LogP contribution in [-0.2, 0) is 6.54 Å². The van der Waals surface area contributed by atoms with Gasteiger partial charge in [0.1, 0.15) is 22.5 Å². The van der Waals surface area contributed by atoms with Crippen molar-refractivity contribution >= 4 is 17.3 Å². The topological polar surface area (TPSA) is 106 Å². The second-order valence-corrected chi connectivity index (χ2v) is 10.2. The molecule has 1 saturated carbocycles. The molecule has 0 amide bonds. The summed E-state index contributed by atoms with van der Waals surface area (Å²) in [6.07, 6.45) is 5.45. The zero-order valence-electron chi connectivity index (χ0n) is 21.0. The summed E-state index contributed by atoms with van der Waals surface area (Å²) in [6, 6.07) is 5.94. The molecule has 11 heteroatoms. The standard InChI is InChI=1S/C27H25ClF2N6O2/c1-14-11-32-20(19-4-5-31-25(35-19)16-9-27(3,38)10-16)8-23(14)36-15(2)6-21(24(28)26(36)37)34-13-22-18(30)7-17(29)12-33-22/h4-8,11-12,16,34,38H,9-10,13H2,1-3H3. The van der Waals surface area contributed by atoms with Crippen LogP contribution in [0.5, 0.6) is 0 Å². The Labute approximate surface area is 222 Å². The summed E-state index contributed by atoms with van der Waals surface area (Å²) in [5.74, 6) is -0.840. The number of anilines is 1. The van der Waals surface area contributed by atoms with Crippen molar-refractivity contribution in [1.82, 2.24) is 24.5 Å². The number of nitrogens with zero attached hydrogens (tertiary/aromatic N) is 5. The Morgan fingerprint density at radius 3 is 2.61 bits per heavy atom. The van der Waals surface area contributed by atoms with Crippen LogP contribution in [-0.4, -0.2) is 35.2 Å². The molecule has 1 fully saturated rings. The van der Waals surface area contributed by atoms with Crippen LogP contribution in [0, 0.1) is 25.5 Å². The normalized spacial score (nSPS) is 18.8. The highest BCUT2D eigenvalue weighted by atomic mass is 35.5. The minimum absolute atomic E-state index is 0.00588. The number of hydrogen-bond donors (Lipinski definition) is 2. The smallest absolute Gasteiger partial charge is 0.276 e. The fraction of sp³-hybridized carbons (Fsp3) is 0.296. The van der Waals surface area contributed by atoms with E-state index < -0.39 is 22.8 Å². The number of pyridine rings is 3. The Morgan fingerprint density at radius 2 is 1.89 bits per heavy atom. The Balaban J connectivity index is 1.46. The zero-order valence-corrected chi connectivity index (χ0v) is 21.7. The average molecular weight is 539 g/mol. The van der Waals surface area contributed by atoms with Crippen LogP contribution >= 0.6 is 11.6 Å². The summed E-state index contributed by atoms with van der Waals surface area (Å²) in [4.78, 5) is 30.7. The van der Waals surface area contributed by atoms with E-state index in [0.29, 0.717) is 47.1 Å². The second-order valence-electron chi connectivity index (χ2n) is 9.85. The lowest BCUT2D eigenvalue weighted by atomic mass is 9.72. The highest BCUT2D eigenvalue weighted by molar-refractivity contribution is 6.33. The third-order valence-corrected chi connectivity index (χ3v) is 7.02. The largest absolute Gasteiger partial charge is 0.390 e. The highest BCUT2D eigenvalue weighted by Crippen LogP contribution is 2.43. The van der Waals surface area contributed by atoms with Crippen LogP contribution in [0.1, 0.15) is 48.5 Å². The quantitative estimate of drug-likeness (QED) is 0.360. The van der Waals surface area contributed by atoms with Crippen LogP contribution < -0.4 is 10.9 Å². The molecule has 8 nitrogen and oxygen atoms in total. The third kappa shape index (κ3) is 5.01. The Bertz CT molecular complexity index is 1600. The molecule has 0 atom stereocenters. The van der Waals surface area contributed by atoms with E-state index in [1.807, 2.05) is 6.92 Å². The van der Waals surface area contributed by atoms with Crippen molar-refractivity contribution in [1.29, 1.82) is 0 Å². The lowest BCUT2D eigenvalue weighted by molar-refractivity contribution is -0.0334. The van der Waals surface area contributed by atoms with E-state index in [4.69, 9.17) is 11.6 Å². The van der Waals surface area contributed by atoms with Gasteiger partial charge in [-0.2, -0.15) is 0 Å². The maximum atomic E-state index is 14.0. The first kappa shape index (κ1) is 25.9. The van der Waals surface area contributed by atoms with Crippen molar-refractivity contribution in [3.63, 3.8) is 0 Å². The fourth-order valence-corrected chi connectivity index (χ4v) is 4.89. The number of halogens is 3. The number of aliphatic hydroxyl groups is 1. The Kier molecular flexibility index (Phi) is 6.70. The molecule has 0 saturated heterocycles. The Hall–Kier alpha value is -3.76. The van der Waals surface area contributed by atoms with Gasteiger partial charge < -0.3 is 10.4 Å². The molecule has 4 aromatic rings. The molecule has 0 aliphatic heterocycles. The van der Waals surface area contributed by atoms with Crippen LogP contribution in [0.2, 0.25) is 5.02 Å². The van der Waals surface area contributed by atoms with E-state index in [2.05, 4.69) is 25.3 Å². The molecule has 1 aliphatic rings. The van der Waals surface area contributed by atoms with Gasteiger partial charge in [0, 0.05) is 30.1 Å².